The van der Waals surface area contributed by atoms with Crippen molar-refractivity contribution < 1.29 is 14.3 Å². The van der Waals surface area contributed by atoms with Gasteiger partial charge in [0.05, 0.1) is 17.8 Å². The number of rotatable bonds is 3. The van der Waals surface area contributed by atoms with Crippen LogP contribution in [0, 0.1) is 5.82 Å². The Morgan fingerprint density at radius 1 is 1.77 bits per heavy atom. The van der Waals surface area contributed by atoms with Gasteiger partial charge in [-0.25, -0.2) is 14.4 Å². The van der Waals surface area contributed by atoms with Gasteiger partial charge in [0.25, 0.3) is 0 Å². The monoisotopic (exact) mass is 184 g/mol. The lowest BCUT2D eigenvalue weighted by atomic mass is 10.0. The number of carbonyl (C=O) groups is 1. The lowest BCUT2D eigenvalue weighted by Gasteiger charge is -2.07. The largest absolute Gasteiger partial charge is 0.389 e. The SMILES string of the molecule is C[C@H](C(=O)CO)c1ncncc1F. The summed E-state index contributed by atoms with van der Waals surface area (Å²) in [5.74, 6) is -1.82. The van der Waals surface area contributed by atoms with Crippen molar-refractivity contribution >= 4 is 5.78 Å². The van der Waals surface area contributed by atoms with Gasteiger partial charge < -0.3 is 5.11 Å². The Hall–Kier alpha value is -1.36. The van der Waals surface area contributed by atoms with Crippen LogP contribution in [0.3, 0.4) is 0 Å². The van der Waals surface area contributed by atoms with Gasteiger partial charge in [-0.15, -0.1) is 0 Å². The smallest absolute Gasteiger partial charge is 0.167 e. The van der Waals surface area contributed by atoms with Crippen molar-refractivity contribution in [3.63, 3.8) is 0 Å². The molecular weight excluding hydrogens is 175 g/mol. The predicted molar refractivity (Wildman–Crippen MR) is 42.5 cm³/mol. The molecule has 0 aliphatic rings. The second-order valence-corrected chi connectivity index (χ2v) is 2.60. The molecule has 5 heteroatoms. The number of aliphatic hydroxyl groups is 1. The van der Waals surface area contributed by atoms with E-state index in [0.29, 0.717) is 0 Å². The van der Waals surface area contributed by atoms with Crippen molar-refractivity contribution in [2.75, 3.05) is 6.61 Å². The fraction of sp³-hybridized carbons (Fsp3) is 0.375. The van der Waals surface area contributed by atoms with E-state index in [1.54, 1.807) is 0 Å². The first-order valence-corrected chi connectivity index (χ1v) is 3.75. The summed E-state index contributed by atoms with van der Waals surface area (Å²) in [6.07, 6.45) is 2.16. The normalized spacial score (nSPS) is 12.5. The first-order valence-electron chi connectivity index (χ1n) is 3.75. The molecule has 0 fully saturated rings. The second-order valence-electron chi connectivity index (χ2n) is 2.60. The van der Waals surface area contributed by atoms with Gasteiger partial charge in [-0.3, -0.25) is 4.79 Å². The van der Waals surface area contributed by atoms with E-state index in [9.17, 15) is 9.18 Å². The summed E-state index contributed by atoms with van der Waals surface area (Å²) in [5, 5.41) is 8.54. The van der Waals surface area contributed by atoms with E-state index in [4.69, 9.17) is 5.11 Å². The van der Waals surface area contributed by atoms with Crippen LogP contribution in [0.2, 0.25) is 0 Å². The summed E-state index contributed by atoms with van der Waals surface area (Å²) in [4.78, 5) is 18.1. The highest BCUT2D eigenvalue weighted by Gasteiger charge is 2.18. The summed E-state index contributed by atoms with van der Waals surface area (Å²) >= 11 is 0. The minimum atomic E-state index is -0.729. The fourth-order valence-corrected chi connectivity index (χ4v) is 0.930. The van der Waals surface area contributed by atoms with Crippen molar-refractivity contribution in [1.82, 2.24) is 9.97 Å². The van der Waals surface area contributed by atoms with E-state index in [1.807, 2.05) is 0 Å². The molecule has 0 saturated carbocycles. The molecule has 13 heavy (non-hydrogen) atoms. The highest BCUT2D eigenvalue weighted by atomic mass is 19.1. The third-order valence-corrected chi connectivity index (χ3v) is 1.75. The van der Waals surface area contributed by atoms with E-state index < -0.39 is 24.1 Å². The van der Waals surface area contributed by atoms with Gasteiger partial charge in [-0.1, -0.05) is 0 Å². The van der Waals surface area contributed by atoms with Gasteiger partial charge >= 0.3 is 0 Å². The fourth-order valence-electron chi connectivity index (χ4n) is 0.930. The zero-order chi connectivity index (χ0) is 9.84. The number of nitrogens with zero attached hydrogens (tertiary/aromatic N) is 2. The highest BCUT2D eigenvalue weighted by molar-refractivity contribution is 5.85. The zero-order valence-electron chi connectivity index (χ0n) is 7.07. The summed E-state index contributed by atoms with van der Waals surface area (Å²) in [5.41, 5.74) is 0.0223. The molecule has 0 radical (unpaired) electrons. The average Bonchev–Trinajstić information content (AvgIpc) is 2.16. The van der Waals surface area contributed by atoms with Gasteiger partial charge in [0.1, 0.15) is 12.9 Å². The maximum Gasteiger partial charge on any atom is 0.167 e. The van der Waals surface area contributed by atoms with Crippen molar-refractivity contribution in [3.8, 4) is 0 Å². The van der Waals surface area contributed by atoms with Crippen molar-refractivity contribution in [2.45, 2.75) is 12.8 Å². The Kier molecular flexibility index (Phi) is 3.02. The number of hydrogen-bond donors (Lipinski definition) is 1. The Bertz CT molecular complexity index is 317. The lowest BCUT2D eigenvalue weighted by Crippen LogP contribution is -2.15. The molecular formula is C8H9FN2O2. The standard InChI is InChI=1S/C8H9FN2O2/c1-5(7(13)3-12)8-6(9)2-10-4-11-8/h2,4-5,12H,3H2,1H3/t5-/m1/s1. The molecule has 1 N–H and O–H groups in total. The van der Waals surface area contributed by atoms with Crippen LogP contribution in [0.25, 0.3) is 0 Å². The van der Waals surface area contributed by atoms with Crippen molar-refractivity contribution in [3.05, 3.63) is 24.0 Å². The molecule has 70 valence electrons. The lowest BCUT2D eigenvalue weighted by molar-refractivity contribution is -0.122. The van der Waals surface area contributed by atoms with E-state index in [0.717, 1.165) is 6.20 Å². The van der Waals surface area contributed by atoms with Crippen LogP contribution in [0.5, 0.6) is 0 Å². The van der Waals surface area contributed by atoms with Gasteiger partial charge in [0, 0.05) is 0 Å². The first-order chi connectivity index (χ1) is 6.16. The maximum absolute atomic E-state index is 13.0. The van der Waals surface area contributed by atoms with Gasteiger partial charge in [-0.2, -0.15) is 0 Å². The minimum absolute atomic E-state index is 0.0223. The van der Waals surface area contributed by atoms with Crippen LogP contribution in [0.4, 0.5) is 4.39 Å². The molecule has 0 aliphatic heterocycles. The molecule has 0 bridgehead atoms. The molecule has 1 atom stereocenters. The average molecular weight is 184 g/mol. The number of halogens is 1. The number of Topliss-reactive ketones (excluding diaryl/α,β-unsaturated/α-hetero) is 1. The summed E-state index contributed by atoms with van der Waals surface area (Å²) in [6, 6.07) is 0. The molecule has 0 aliphatic carbocycles. The van der Waals surface area contributed by atoms with Crippen molar-refractivity contribution in [2.24, 2.45) is 0 Å². The van der Waals surface area contributed by atoms with E-state index >= 15 is 0 Å². The zero-order valence-corrected chi connectivity index (χ0v) is 7.07. The molecule has 0 unspecified atom stereocenters. The minimum Gasteiger partial charge on any atom is -0.389 e. The van der Waals surface area contributed by atoms with E-state index in [2.05, 4.69) is 9.97 Å². The van der Waals surface area contributed by atoms with Gasteiger partial charge in [-0.05, 0) is 6.92 Å². The Morgan fingerprint density at radius 3 is 3.00 bits per heavy atom. The van der Waals surface area contributed by atoms with Gasteiger partial charge in [0.15, 0.2) is 11.6 Å². The van der Waals surface area contributed by atoms with Crippen LogP contribution in [-0.2, 0) is 4.79 Å². The number of aromatic nitrogens is 2. The number of carbonyl (C=O) groups excluding carboxylic acids is 1. The number of ketones is 1. The van der Waals surface area contributed by atoms with Crippen LogP contribution >= 0.6 is 0 Å². The molecule has 1 rings (SSSR count). The van der Waals surface area contributed by atoms with E-state index in [1.165, 1.54) is 13.3 Å². The van der Waals surface area contributed by atoms with Crippen molar-refractivity contribution in [1.29, 1.82) is 0 Å². The highest BCUT2D eigenvalue weighted by Crippen LogP contribution is 2.15. The first kappa shape index (κ1) is 9.73. The van der Waals surface area contributed by atoms with Crippen LogP contribution in [0.1, 0.15) is 18.5 Å². The molecule has 1 aromatic rings. The molecule has 0 saturated heterocycles. The Balaban J connectivity index is 2.95. The third kappa shape index (κ3) is 2.06. The van der Waals surface area contributed by atoms with E-state index in [-0.39, 0.29) is 5.69 Å². The summed E-state index contributed by atoms with van der Waals surface area (Å²) in [6.45, 7) is 0.884. The number of aliphatic hydroxyl groups excluding tert-OH is 1. The maximum atomic E-state index is 13.0. The molecule has 0 spiro atoms. The van der Waals surface area contributed by atoms with Crippen LogP contribution in [-0.4, -0.2) is 27.5 Å². The molecule has 1 heterocycles. The quantitative estimate of drug-likeness (QED) is 0.732. The van der Waals surface area contributed by atoms with Crippen LogP contribution < -0.4 is 0 Å². The second kappa shape index (κ2) is 4.04. The topological polar surface area (TPSA) is 63.1 Å². The molecule has 1 aromatic heterocycles. The van der Waals surface area contributed by atoms with Crippen LogP contribution in [0.15, 0.2) is 12.5 Å². The summed E-state index contributed by atoms with van der Waals surface area (Å²) in [7, 11) is 0. The number of hydrogen-bond acceptors (Lipinski definition) is 4. The van der Waals surface area contributed by atoms with Gasteiger partial charge in [0.2, 0.25) is 0 Å². The Labute approximate surface area is 74.5 Å². The molecule has 0 amide bonds. The molecule has 4 nitrogen and oxygen atoms in total. The molecule has 0 aromatic carbocycles. The third-order valence-electron chi connectivity index (χ3n) is 1.75. The Morgan fingerprint density at radius 2 is 2.46 bits per heavy atom. The summed E-state index contributed by atoms with van der Waals surface area (Å²) < 4.78 is 13.0. The predicted octanol–water partition coefficient (Wildman–Crippen LogP) is 0.281.